The number of alkyl halides is 3. The van der Waals surface area contributed by atoms with E-state index in [0.717, 1.165) is 6.07 Å². The molecule has 2 heterocycles. The monoisotopic (exact) mass is 294 g/mol. The lowest BCUT2D eigenvalue weighted by Gasteiger charge is -2.08. The van der Waals surface area contributed by atoms with Crippen molar-refractivity contribution in [2.75, 3.05) is 5.73 Å². The molecule has 8 heteroatoms. The summed E-state index contributed by atoms with van der Waals surface area (Å²) in [4.78, 5) is 3.84. The molecule has 0 spiro atoms. The van der Waals surface area contributed by atoms with Crippen LogP contribution in [0.2, 0.25) is 0 Å². The normalized spacial score (nSPS) is 12.0. The Balaban J connectivity index is 2.22. The molecule has 5 nitrogen and oxygen atoms in total. The summed E-state index contributed by atoms with van der Waals surface area (Å²) in [7, 11) is 0. The Morgan fingerprint density at radius 2 is 1.76 bits per heavy atom. The van der Waals surface area contributed by atoms with Crippen LogP contribution in [-0.2, 0) is 6.18 Å². The highest BCUT2D eigenvalue weighted by molar-refractivity contribution is 5.65. The van der Waals surface area contributed by atoms with Crippen LogP contribution in [0.1, 0.15) is 5.69 Å². The molecular weight excluding hydrogens is 285 g/mol. The van der Waals surface area contributed by atoms with E-state index >= 15 is 0 Å². The summed E-state index contributed by atoms with van der Waals surface area (Å²) in [6.07, 6.45) is -4.59. The molecule has 21 heavy (non-hydrogen) atoms. The number of aromatic nitrogens is 3. The summed E-state index contributed by atoms with van der Waals surface area (Å²) in [6.45, 7) is 0. The maximum Gasteiger partial charge on any atom is 0.433 e. The lowest BCUT2D eigenvalue weighted by molar-refractivity contribution is -0.142. The van der Waals surface area contributed by atoms with Crippen LogP contribution >= 0.6 is 0 Å². The molecule has 0 unspecified atom stereocenters. The molecule has 0 radical (unpaired) electrons. The molecule has 0 atom stereocenters. The number of benzene rings is 1. The minimum Gasteiger partial charge on any atom is -0.508 e. The molecule has 3 aromatic rings. The van der Waals surface area contributed by atoms with Crippen molar-refractivity contribution < 1.29 is 18.3 Å². The molecule has 2 aromatic heterocycles. The predicted octanol–water partition coefficient (Wildman–Crippen LogP) is 2.70. The summed E-state index contributed by atoms with van der Waals surface area (Å²) >= 11 is 0. The number of nitrogens with two attached hydrogens (primary N) is 1. The number of nitrogen functional groups attached to an aromatic ring is 1. The van der Waals surface area contributed by atoms with E-state index in [1.807, 2.05) is 0 Å². The number of phenols is 1. The highest BCUT2D eigenvalue weighted by Gasteiger charge is 2.35. The second kappa shape index (κ2) is 4.37. The first-order chi connectivity index (χ1) is 9.84. The topological polar surface area (TPSA) is 76.4 Å². The van der Waals surface area contributed by atoms with Gasteiger partial charge in [0, 0.05) is 17.7 Å². The van der Waals surface area contributed by atoms with E-state index in [2.05, 4.69) is 10.1 Å². The van der Waals surface area contributed by atoms with Crippen molar-refractivity contribution in [3.8, 4) is 17.0 Å². The Hall–Kier alpha value is -2.77. The second-order valence-corrected chi connectivity index (χ2v) is 4.41. The zero-order valence-corrected chi connectivity index (χ0v) is 10.5. The van der Waals surface area contributed by atoms with Crippen LogP contribution in [-0.4, -0.2) is 19.7 Å². The molecule has 0 aliphatic rings. The molecule has 0 aliphatic heterocycles. The van der Waals surface area contributed by atoms with E-state index in [-0.39, 0.29) is 17.2 Å². The van der Waals surface area contributed by atoms with Crippen molar-refractivity contribution in [1.29, 1.82) is 0 Å². The van der Waals surface area contributed by atoms with Crippen LogP contribution in [0.5, 0.6) is 5.75 Å². The quantitative estimate of drug-likeness (QED) is 0.723. The average molecular weight is 294 g/mol. The van der Waals surface area contributed by atoms with Crippen molar-refractivity contribution in [2.24, 2.45) is 0 Å². The van der Waals surface area contributed by atoms with Gasteiger partial charge in [-0.1, -0.05) is 0 Å². The van der Waals surface area contributed by atoms with Gasteiger partial charge in [-0.25, -0.2) is 9.50 Å². The lowest BCUT2D eigenvalue weighted by Crippen LogP contribution is -2.14. The third-order valence-electron chi connectivity index (χ3n) is 2.90. The van der Waals surface area contributed by atoms with Crippen molar-refractivity contribution in [1.82, 2.24) is 14.6 Å². The van der Waals surface area contributed by atoms with E-state index in [1.54, 1.807) is 12.1 Å². The summed E-state index contributed by atoms with van der Waals surface area (Å²) in [5.74, 6) is -0.173. The molecule has 3 N–H and O–H groups in total. The van der Waals surface area contributed by atoms with E-state index in [0.29, 0.717) is 15.8 Å². The molecule has 0 amide bonds. The van der Waals surface area contributed by atoms with Crippen LogP contribution in [0.15, 0.2) is 36.4 Å². The predicted molar refractivity (Wildman–Crippen MR) is 69.5 cm³/mol. The van der Waals surface area contributed by atoms with E-state index in [9.17, 15) is 18.3 Å². The van der Waals surface area contributed by atoms with Crippen LogP contribution in [0.25, 0.3) is 16.9 Å². The first-order valence-electron chi connectivity index (χ1n) is 5.87. The Kier molecular flexibility index (Phi) is 2.75. The van der Waals surface area contributed by atoms with Crippen molar-refractivity contribution >= 4 is 11.5 Å². The number of anilines is 1. The van der Waals surface area contributed by atoms with Gasteiger partial charge in [0.1, 0.15) is 11.6 Å². The molecule has 0 saturated carbocycles. The van der Waals surface area contributed by atoms with Crippen LogP contribution in [0.4, 0.5) is 19.0 Å². The van der Waals surface area contributed by atoms with E-state index < -0.39 is 11.9 Å². The van der Waals surface area contributed by atoms with Crippen LogP contribution in [0, 0.1) is 0 Å². The number of aromatic hydroxyl groups is 1. The maximum absolute atomic E-state index is 13.0. The van der Waals surface area contributed by atoms with Gasteiger partial charge >= 0.3 is 6.18 Å². The van der Waals surface area contributed by atoms with Crippen molar-refractivity contribution in [2.45, 2.75) is 6.18 Å². The number of hydrogen-bond donors (Lipinski definition) is 2. The fourth-order valence-corrected chi connectivity index (χ4v) is 1.97. The Labute approximate surface area is 116 Å². The smallest absolute Gasteiger partial charge is 0.433 e. The number of halogens is 3. The molecule has 1 aromatic carbocycles. The maximum atomic E-state index is 13.0. The average Bonchev–Trinajstić information content (AvgIpc) is 2.80. The van der Waals surface area contributed by atoms with Gasteiger partial charge in [0.25, 0.3) is 0 Å². The molecule has 108 valence electrons. The van der Waals surface area contributed by atoms with Gasteiger partial charge in [0.15, 0.2) is 11.3 Å². The Bertz CT molecular complexity index is 809. The zero-order valence-electron chi connectivity index (χ0n) is 10.5. The molecule has 0 bridgehead atoms. The third-order valence-corrected chi connectivity index (χ3v) is 2.90. The number of phenolic OH excluding ortho intramolecular Hbond substituents is 1. The summed E-state index contributed by atoms with van der Waals surface area (Å²) in [5.41, 5.74) is 5.28. The number of nitrogens with zero attached hydrogens (tertiary/aromatic N) is 3. The van der Waals surface area contributed by atoms with Gasteiger partial charge in [-0.05, 0) is 24.3 Å². The summed E-state index contributed by atoms with van der Waals surface area (Å²) in [6, 6.07) is 8.08. The number of rotatable bonds is 1. The van der Waals surface area contributed by atoms with Gasteiger partial charge in [-0.2, -0.15) is 18.3 Å². The standard InChI is InChI=1S/C13H9F3N4O/c14-13(15,16)10-6-11(17)18-12-5-9(19-20(10)12)7-1-3-8(21)4-2-7/h1-6,21H,(H2,17,18). The van der Waals surface area contributed by atoms with Crippen molar-refractivity contribution in [3.63, 3.8) is 0 Å². The Morgan fingerprint density at radius 3 is 2.38 bits per heavy atom. The van der Waals surface area contributed by atoms with Gasteiger partial charge in [0.2, 0.25) is 0 Å². The Morgan fingerprint density at radius 1 is 1.10 bits per heavy atom. The summed E-state index contributed by atoms with van der Waals surface area (Å²) < 4.78 is 39.7. The first kappa shape index (κ1) is 13.2. The third kappa shape index (κ3) is 2.35. The second-order valence-electron chi connectivity index (χ2n) is 4.41. The minimum absolute atomic E-state index is 0.00500. The molecule has 0 fully saturated rings. The fraction of sp³-hybridized carbons (Fsp3) is 0.0769. The van der Waals surface area contributed by atoms with Gasteiger partial charge in [-0.15, -0.1) is 0 Å². The van der Waals surface area contributed by atoms with E-state index in [4.69, 9.17) is 5.73 Å². The zero-order chi connectivity index (χ0) is 15.2. The van der Waals surface area contributed by atoms with Crippen LogP contribution < -0.4 is 5.73 Å². The summed E-state index contributed by atoms with van der Waals surface area (Å²) in [5, 5.41) is 13.1. The van der Waals surface area contributed by atoms with Gasteiger partial charge in [-0.3, -0.25) is 0 Å². The van der Waals surface area contributed by atoms with Gasteiger partial charge < -0.3 is 10.8 Å². The minimum atomic E-state index is -4.59. The highest BCUT2D eigenvalue weighted by atomic mass is 19.4. The molecular formula is C13H9F3N4O. The SMILES string of the molecule is Nc1cc(C(F)(F)F)n2nc(-c3ccc(O)cc3)cc2n1. The molecule has 3 rings (SSSR count). The van der Waals surface area contributed by atoms with Gasteiger partial charge in [0.05, 0.1) is 5.69 Å². The molecule has 0 saturated heterocycles. The van der Waals surface area contributed by atoms with E-state index in [1.165, 1.54) is 18.2 Å². The highest BCUT2D eigenvalue weighted by Crippen LogP contribution is 2.31. The van der Waals surface area contributed by atoms with Crippen molar-refractivity contribution in [3.05, 3.63) is 42.1 Å². The molecule has 0 aliphatic carbocycles. The van der Waals surface area contributed by atoms with Crippen LogP contribution in [0.3, 0.4) is 0 Å². The number of fused-ring (bicyclic) bond motifs is 1. The largest absolute Gasteiger partial charge is 0.508 e. The fourth-order valence-electron chi connectivity index (χ4n) is 1.97. The number of hydrogen-bond acceptors (Lipinski definition) is 4. The first-order valence-corrected chi connectivity index (χ1v) is 5.87. The lowest BCUT2D eigenvalue weighted by atomic mass is 10.1.